The van der Waals surface area contributed by atoms with Crippen LogP contribution in [0.3, 0.4) is 0 Å². The van der Waals surface area contributed by atoms with Crippen LogP contribution < -0.4 is 0 Å². The molecule has 6 rings (SSSR count). The van der Waals surface area contributed by atoms with Crippen LogP contribution in [0.2, 0.25) is 19.6 Å². The summed E-state index contributed by atoms with van der Waals surface area (Å²) in [7, 11) is -1.07. The Hall–Kier alpha value is -2.67. The second-order valence-electron chi connectivity index (χ2n) is 19.8. The fourth-order valence-electron chi connectivity index (χ4n) is 6.45. The van der Waals surface area contributed by atoms with Gasteiger partial charge in [-0.1, -0.05) is 146 Å². The van der Waals surface area contributed by atoms with E-state index >= 15 is 0 Å². The third-order valence-corrected chi connectivity index (χ3v) is 11.9. The average molecular weight is 814 g/mol. The van der Waals surface area contributed by atoms with Crippen molar-refractivity contribution in [1.29, 1.82) is 0 Å². The molecule has 2 heteroatoms. The number of hydrogen-bond acceptors (Lipinski definition) is 0. The Morgan fingerprint density at radius 3 is 1.39 bits per heavy atom. The quantitative estimate of drug-likeness (QED) is 0.117. The monoisotopic (exact) mass is 812 g/mol. The Labute approximate surface area is 349 Å². The van der Waals surface area contributed by atoms with Gasteiger partial charge in [-0.2, -0.15) is 102 Å². The number of hydrogen-bond donors (Lipinski definition) is 0. The van der Waals surface area contributed by atoms with E-state index in [2.05, 4.69) is 206 Å². The van der Waals surface area contributed by atoms with Crippen molar-refractivity contribution >= 4 is 12.3 Å². The minimum atomic E-state index is -1.07. The van der Waals surface area contributed by atoms with E-state index in [-0.39, 0.29) is 21.7 Å². The SMILES string of the molecule is CC(C)(C)c1[c-]c2c(cc1)-c1ccc(C(C)(C)C)cc1C2.CC(C)(C)c1cc[c-]cc1.CC(C)(C)c1cc[c-]cc1.CC1=[C-]C(C)C=C1[Si](C)(C)C.[CH2]=[Zr]. The van der Waals surface area contributed by atoms with Gasteiger partial charge in [0.15, 0.2) is 0 Å². The third-order valence-electron chi connectivity index (χ3n) is 9.71. The molecule has 4 aromatic rings. The molecule has 0 nitrogen and oxygen atoms in total. The first kappa shape index (κ1) is 47.5. The van der Waals surface area contributed by atoms with E-state index in [1.54, 1.807) is 5.20 Å². The van der Waals surface area contributed by atoms with Crippen LogP contribution in [0.5, 0.6) is 0 Å². The molecule has 0 saturated heterocycles. The summed E-state index contributed by atoms with van der Waals surface area (Å²) in [6.07, 6.45) is 6.83. The van der Waals surface area contributed by atoms with Gasteiger partial charge in [-0.25, -0.2) is 10.8 Å². The molecule has 1 atom stereocenters. The first-order valence-electron chi connectivity index (χ1n) is 19.6. The number of fused-ring (bicyclic) bond motifs is 3. The van der Waals surface area contributed by atoms with E-state index in [1.165, 1.54) is 74.3 Å². The summed E-state index contributed by atoms with van der Waals surface area (Å²) >= 11 is 1.30. The molecule has 1 unspecified atom stereocenters. The van der Waals surface area contributed by atoms with Crippen LogP contribution in [0.1, 0.15) is 130 Å². The Bertz CT molecular complexity index is 1710. The van der Waals surface area contributed by atoms with Gasteiger partial charge in [0.2, 0.25) is 0 Å². The molecular formula is C52H70SiZr-4. The molecule has 0 amide bonds. The zero-order valence-corrected chi connectivity index (χ0v) is 40.5. The molecule has 54 heavy (non-hydrogen) atoms. The average Bonchev–Trinajstić information content (AvgIpc) is 3.63. The predicted molar refractivity (Wildman–Crippen MR) is 239 cm³/mol. The van der Waals surface area contributed by atoms with Gasteiger partial charge in [-0.15, -0.1) is 11.1 Å². The summed E-state index contributed by atoms with van der Waals surface area (Å²) in [5, 5.41) is 1.60. The molecule has 2 aliphatic rings. The normalized spacial score (nSPS) is 14.9. The molecule has 290 valence electrons. The van der Waals surface area contributed by atoms with Crippen LogP contribution >= 0.6 is 0 Å². The van der Waals surface area contributed by atoms with Crippen molar-refractivity contribution in [1.82, 2.24) is 0 Å². The standard InChI is InChI=1S/C21H25.C10H17Si.2C10H13.CH2.Zr/c1-20(2,3)16-7-9-18-14(12-16)11-15-13-17(21(4,5)6)8-10-19(15)18;1-8-6-9(2)10(7-8)11(3,4)5;2*1-10(2,3)9-7-5-4-6-8-9;;/h7-10,12H,11H2,1-6H3;7-8H,1-5H3;2*5-8H,1-3H3;1H2;/q4*-1;;. The molecule has 0 aromatic heterocycles. The molecule has 0 fully saturated rings. The van der Waals surface area contributed by atoms with Crippen molar-refractivity contribution < 1.29 is 24.2 Å². The summed E-state index contributed by atoms with van der Waals surface area (Å²) in [5.74, 6) is 0.553. The molecule has 2 aliphatic carbocycles. The Kier molecular flexibility index (Phi) is 17.1. The van der Waals surface area contributed by atoms with E-state index in [4.69, 9.17) is 0 Å². The van der Waals surface area contributed by atoms with Gasteiger partial charge in [0.25, 0.3) is 0 Å². The summed E-state index contributed by atoms with van der Waals surface area (Å²) in [4.78, 5) is 0. The van der Waals surface area contributed by atoms with Gasteiger partial charge in [0.05, 0.1) is 0 Å². The Morgan fingerprint density at radius 2 is 1.06 bits per heavy atom. The third kappa shape index (κ3) is 14.4. The van der Waals surface area contributed by atoms with E-state index in [1.807, 2.05) is 24.3 Å². The van der Waals surface area contributed by atoms with Crippen molar-refractivity contribution in [3.05, 3.63) is 153 Å². The van der Waals surface area contributed by atoms with Gasteiger partial charge in [0, 0.05) is 0 Å². The fourth-order valence-corrected chi connectivity index (χ4v) is 8.40. The molecule has 0 spiro atoms. The summed E-state index contributed by atoms with van der Waals surface area (Å²) < 4.78 is 3.34. The molecule has 0 saturated carbocycles. The second-order valence-corrected chi connectivity index (χ2v) is 24.8. The van der Waals surface area contributed by atoms with E-state index in [0.717, 1.165) is 6.42 Å². The van der Waals surface area contributed by atoms with Crippen molar-refractivity contribution in [3.8, 4) is 11.1 Å². The molecule has 0 bridgehead atoms. The zero-order chi connectivity index (χ0) is 41.3. The first-order valence-corrected chi connectivity index (χ1v) is 24.8. The number of benzene rings is 4. The van der Waals surface area contributed by atoms with Gasteiger partial charge in [-0.05, 0) is 47.3 Å². The van der Waals surface area contributed by atoms with E-state index in [9.17, 15) is 0 Å². The molecule has 0 radical (unpaired) electrons. The van der Waals surface area contributed by atoms with Crippen molar-refractivity contribution in [3.63, 3.8) is 0 Å². The van der Waals surface area contributed by atoms with Crippen molar-refractivity contribution in [2.75, 3.05) is 0 Å². The molecule has 0 heterocycles. The van der Waals surface area contributed by atoms with Gasteiger partial charge in [-0.3, -0.25) is 6.08 Å². The van der Waals surface area contributed by atoms with Crippen LogP contribution in [0.25, 0.3) is 11.1 Å². The number of rotatable bonds is 1. The zero-order valence-electron chi connectivity index (χ0n) is 37.1. The topological polar surface area (TPSA) is 0 Å². The maximum absolute atomic E-state index is 3.67. The van der Waals surface area contributed by atoms with Gasteiger partial charge in [0.1, 0.15) is 0 Å². The Morgan fingerprint density at radius 1 is 0.611 bits per heavy atom. The van der Waals surface area contributed by atoms with Gasteiger partial charge >= 0.3 is 28.4 Å². The van der Waals surface area contributed by atoms with Crippen molar-refractivity contribution in [2.45, 2.75) is 145 Å². The predicted octanol–water partition coefficient (Wildman–Crippen LogP) is 14.4. The van der Waals surface area contributed by atoms with Crippen LogP contribution in [0.4, 0.5) is 0 Å². The minimum absolute atomic E-state index is 0.167. The van der Waals surface area contributed by atoms with Gasteiger partial charge < -0.3 is 0 Å². The number of allylic oxidation sites excluding steroid dienone is 4. The van der Waals surface area contributed by atoms with Crippen LogP contribution in [-0.4, -0.2) is 12.3 Å². The summed E-state index contributed by atoms with van der Waals surface area (Å²) in [6.45, 7) is 38.4. The van der Waals surface area contributed by atoms with Crippen LogP contribution in [0, 0.1) is 30.2 Å². The fraction of sp³-hybridized carbons (Fsp3) is 0.442. The maximum atomic E-state index is 3.67. The molecular weight excluding hydrogens is 744 g/mol. The molecule has 0 N–H and O–H groups in total. The second kappa shape index (κ2) is 19.5. The van der Waals surface area contributed by atoms with Crippen LogP contribution in [-0.2, 0) is 52.3 Å². The summed E-state index contributed by atoms with van der Waals surface area (Å²) in [5.41, 5.74) is 13.4. The van der Waals surface area contributed by atoms with E-state index in [0.29, 0.717) is 5.92 Å². The van der Waals surface area contributed by atoms with E-state index < -0.39 is 8.07 Å². The summed E-state index contributed by atoms with van der Waals surface area (Å²) in [6, 6.07) is 37.5. The van der Waals surface area contributed by atoms with Crippen LogP contribution in [0.15, 0.2) is 95.7 Å². The molecule has 4 aromatic carbocycles. The first-order chi connectivity index (χ1) is 24.8. The Balaban J connectivity index is 0.000000262. The van der Waals surface area contributed by atoms with Crippen molar-refractivity contribution in [2.24, 2.45) is 5.92 Å². The molecule has 0 aliphatic heterocycles.